The van der Waals surface area contributed by atoms with E-state index in [9.17, 15) is 13.2 Å². The van der Waals surface area contributed by atoms with Crippen molar-refractivity contribution in [3.63, 3.8) is 0 Å². The van der Waals surface area contributed by atoms with Crippen molar-refractivity contribution in [3.8, 4) is 22.4 Å². The number of rotatable bonds is 15. The lowest BCUT2D eigenvalue weighted by molar-refractivity contribution is 0.0136. The summed E-state index contributed by atoms with van der Waals surface area (Å²) in [5, 5.41) is 9.24. The summed E-state index contributed by atoms with van der Waals surface area (Å²) in [7, 11) is -4.98. The molecule has 0 unspecified atom stereocenters. The lowest BCUT2D eigenvalue weighted by Crippen LogP contribution is -2.38. The van der Waals surface area contributed by atoms with E-state index in [0.717, 1.165) is 34.6 Å². The van der Waals surface area contributed by atoms with Crippen LogP contribution in [0.25, 0.3) is 33.5 Å². The van der Waals surface area contributed by atoms with Crippen molar-refractivity contribution >= 4 is 46.8 Å². The zero-order valence-electron chi connectivity index (χ0n) is 29.3. The van der Waals surface area contributed by atoms with E-state index in [0.29, 0.717) is 35.9 Å². The van der Waals surface area contributed by atoms with Crippen LogP contribution < -0.4 is 0 Å². The molecular formula is C35H47ClN4O7SSi. The fourth-order valence-electron chi connectivity index (χ4n) is 4.90. The molecule has 4 rings (SSSR count). The van der Waals surface area contributed by atoms with Crippen molar-refractivity contribution in [3.05, 3.63) is 65.2 Å². The Morgan fingerprint density at radius 1 is 0.939 bits per heavy atom. The average Bonchev–Trinajstić information content (AvgIpc) is 3.37. The van der Waals surface area contributed by atoms with E-state index in [4.69, 9.17) is 30.9 Å². The number of carbonyl (C=O) groups is 1. The molecule has 0 aliphatic heterocycles. The van der Waals surface area contributed by atoms with E-state index in [1.807, 2.05) is 69.3 Å². The molecule has 0 spiro atoms. The van der Waals surface area contributed by atoms with Crippen molar-refractivity contribution in [1.29, 1.82) is 0 Å². The Morgan fingerprint density at radius 2 is 1.55 bits per heavy atom. The molecule has 11 nitrogen and oxygen atoms in total. The minimum atomic E-state index is -3.66. The number of ether oxygens (including phenoxy) is 3. The summed E-state index contributed by atoms with van der Waals surface area (Å²) in [6.07, 6.45) is 0.684. The van der Waals surface area contributed by atoms with Gasteiger partial charge in [0, 0.05) is 39.6 Å². The smallest absolute Gasteiger partial charge is 0.410 e. The number of hydrogen-bond acceptors (Lipinski definition) is 9. The summed E-state index contributed by atoms with van der Waals surface area (Å²) < 4.78 is 43.6. The van der Waals surface area contributed by atoms with Crippen LogP contribution in [0.4, 0.5) is 4.79 Å². The highest BCUT2D eigenvalue weighted by atomic mass is 35.5. The Hall–Kier alpha value is -3.33. The number of pyridine rings is 1. The first kappa shape index (κ1) is 38.5. The van der Waals surface area contributed by atoms with Crippen LogP contribution in [0.2, 0.25) is 30.7 Å². The van der Waals surface area contributed by atoms with Crippen molar-refractivity contribution in [1.82, 2.24) is 19.4 Å². The average molecular weight is 731 g/mol. The summed E-state index contributed by atoms with van der Waals surface area (Å²) in [6, 6.07) is 18.3. The summed E-state index contributed by atoms with van der Waals surface area (Å²) >= 11 is 6.73. The summed E-state index contributed by atoms with van der Waals surface area (Å²) in [4.78, 5) is 23.5. The van der Waals surface area contributed by atoms with E-state index in [-0.39, 0.29) is 37.4 Å². The summed E-state index contributed by atoms with van der Waals surface area (Å²) in [5.41, 5.74) is 4.24. The molecule has 0 aliphatic carbocycles. The van der Waals surface area contributed by atoms with Crippen LogP contribution in [-0.4, -0.2) is 92.0 Å². The Labute approximate surface area is 295 Å². The second-order valence-corrected chi connectivity index (χ2v) is 22.1. The molecule has 0 saturated carbocycles. The van der Waals surface area contributed by atoms with Crippen LogP contribution in [0, 0.1) is 0 Å². The van der Waals surface area contributed by atoms with Crippen LogP contribution in [0.5, 0.6) is 0 Å². The molecule has 266 valence electrons. The van der Waals surface area contributed by atoms with Crippen LogP contribution in [0.15, 0.2) is 59.8 Å². The number of aromatic nitrogens is 3. The van der Waals surface area contributed by atoms with Gasteiger partial charge in [-0.3, -0.25) is 4.57 Å². The highest BCUT2D eigenvalue weighted by Gasteiger charge is 2.24. The second kappa shape index (κ2) is 16.1. The molecule has 49 heavy (non-hydrogen) atoms. The van der Waals surface area contributed by atoms with Crippen LogP contribution in [0.1, 0.15) is 26.3 Å². The van der Waals surface area contributed by atoms with Gasteiger partial charge in [-0.2, -0.15) is 4.98 Å². The summed E-state index contributed by atoms with van der Waals surface area (Å²) in [5.74, 6) is 0. The molecular weight excluding hydrogens is 684 g/mol. The Morgan fingerprint density at radius 3 is 2.12 bits per heavy atom. The number of nitrogens with zero attached hydrogens (tertiary/aromatic N) is 4. The predicted octanol–water partition coefficient (Wildman–Crippen LogP) is 6.88. The zero-order valence-corrected chi connectivity index (χ0v) is 31.9. The first-order valence-electron chi connectivity index (χ1n) is 16.2. The topological polar surface area (TPSA) is 133 Å². The number of benzene rings is 2. The van der Waals surface area contributed by atoms with Gasteiger partial charge in [-0.15, -0.1) is 0 Å². The van der Waals surface area contributed by atoms with Gasteiger partial charge in [0.2, 0.25) is 15.0 Å². The first-order chi connectivity index (χ1) is 22.9. The van der Waals surface area contributed by atoms with Crippen LogP contribution in [-0.2, 0) is 37.3 Å². The lowest BCUT2D eigenvalue weighted by Gasteiger charge is -2.27. The number of fused-ring (bicyclic) bond motifs is 1. The van der Waals surface area contributed by atoms with E-state index in [2.05, 4.69) is 29.6 Å². The van der Waals surface area contributed by atoms with Gasteiger partial charge in [0.15, 0.2) is 5.65 Å². The molecule has 0 atom stereocenters. The van der Waals surface area contributed by atoms with Gasteiger partial charge in [-0.1, -0.05) is 79.8 Å². The Bertz CT molecular complexity index is 1840. The molecule has 2 aromatic carbocycles. The number of sulfone groups is 1. The van der Waals surface area contributed by atoms with Crippen molar-refractivity contribution in [2.75, 3.05) is 39.2 Å². The molecule has 4 aromatic rings. The molecule has 0 radical (unpaired) electrons. The number of hydrogen-bond donors (Lipinski definition) is 1. The maximum Gasteiger partial charge on any atom is 0.410 e. The van der Waals surface area contributed by atoms with Crippen LogP contribution in [0.3, 0.4) is 0 Å². The number of carbonyl (C=O) groups excluding carboxylic acids is 1. The highest BCUT2D eigenvalue weighted by molar-refractivity contribution is 7.90. The number of aliphatic hydroxyl groups excluding tert-OH is 1. The normalized spacial score (nSPS) is 12.4. The number of amides is 1. The number of imidazole rings is 1. The van der Waals surface area contributed by atoms with E-state index < -0.39 is 29.6 Å². The standard InChI is InChI=1S/C35H47ClN4O7SSi/c1-35(2,3)47-34(42)39(16-18-45-19-17-41)23-25-8-10-26(11-9-25)27-12-14-28(15-13-27)31-29(36)22-30-32(37-31)38-33(48(4,43)44)40(30)24-46-20-21-49(5,6)7/h8-15,22,41H,16-21,23-24H2,1-7H3. The first-order valence-corrected chi connectivity index (χ1v) is 22.1. The molecule has 0 bridgehead atoms. The third kappa shape index (κ3) is 11.1. The monoisotopic (exact) mass is 730 g/mol. The molecule has 14 heteroatoms. The van der Waals surface area contributed by atoms with Crippen molar-refractivity contribution in [2.24, 2.45) is 0 Å². The van der Waals surface area contributed by atoms with Gasteiger partial charge in [0.25, 0.3) is 0 Å². The third-order valence-corrected chi connectivity index (χ3v) is 10.4. The highest BCUT2D eigenvalue weighted by Crippen LogP contribution is 2.32. The van der Waals surface area contributed by atoms with Crippen LogP contribution >= 0.6 is 11.6 Å². The SMILES string of the molecule is CC(C)(C)OC(=O)N(CCOCCO)Cc1ccc(-c2ccc(-c3nc4nc(S(C)(=O)=O)n(COCC[Si](C)(C)C)c4cc3Cl)cc2)cc1. The molecule has 2 heterocycles. The maximum absolute atomic E-state index is 12.9. The van der Waals surface area contributed by atoms with Gasteiger partial charge in [0.1, 0.15) is 12.3 Å². The van der Waals surface area contributed by atoms with E-state index >= 15 is 0 Å². The predicted molar refractivity (Wildman–Crippen MR) is 195 cm³/mol. The molecule has 2 aromatic heterocycles. The fourth-order valence-corrected chi connectivity index (χ4v) is 6.71. The molecule has 1 N–H and O–H groups in total. The van der Waals surface area contributed by atoms with E-state index in [1.54, 1.807) is 11.0 Å². The Balaban J connectivity index is 1.52. The van der Waals surface area contributed by atoms with E-state index in [1.165, 1.54) is 4.57 Å². The van der Waals surface area contributed by atoms with Gasteiger partial charge >= 0.3 is 6.09 Å². The fraction of sp³-hybridized carbons (Fsp3) is 0.457. The molecule has 1 amide bonds. The quantitative estimate of drug-likeness (QED) is 0.103. The maximum atomic E-state index is 12.9. The molecule has 0 saturated heterocycles. The zero-order chi connectivity index (χ0) is 36.0. The van der Waals surface area contributed by atoms with Crippen molar-refractivity contribution in [2.45, 2.75) is 70.5 Å². The van der Waals surface area contributed by atoms with Gasteiger partial charge in [-0.25, -0.2) is 18.2 Å². The number of halogens is 1. The third-order valence-electron chi connectivity index (χ3n) is 7.42. The Kier molecular flexibility index (Phi) is 12.7. The minimum absolute atomic E-state index is 0.0340. The molecule has 0 fully saturated rings. The lowest BCUT2D eigenvalue weighted by atomic mass is 10.0. The summed E-state index contributed by atoms with van der Waals surface area (Å²) in [6.45, 7) is 13.9. The minimum Gasteiger partial charge on any atom is -0.444 e. The van der Waals surface area contributed by atoms with Gasteiger partial charge in [-0.05, 0) is 49.6 Å². The largest absolute Gasteiger partial charge is 0.444 e. The van der Waals surface area contributed by atoms with Crippen molar-refractivity contribution < 1.29 is 32.5 Å². The second-order valence-electron chi connectivity index (χ2n) is 14.1. The van der Waals surface area contributed by atoms with Gasteiger partial charge in [0.05, 0.1) is 36.1 Å². The molecule has 0 aliphatic rings. The number of aliphatic hydroxyl groups is 1. The van der Waals surface area contributed by atoms with Gasteiger partial charge < -0.3 is 24.2 Å².